The van der Waals surface area contributed by atoms with E-state index in [9.17, 15) is 14.3 Å². The van der Waals surface area contributed by atoms with Gasteiger partial charge in [0.25, 0.3) is 5.91 Å². The molecule has 0 aliphatic heterocycles. The number of phenols is 1. The van der Waals surface area contributed by atoms with Crippen molar-refractivity contribution >= 4 is 5.91 Å². The fourth-order valence-corrected chi connectivity index (χ4v) is 1.44. The molecule has 1 aromatic rings. The first-order chi connectivity index (χ1) is 8.06. The minimum Gasteiger partial charge on any atom is -0.507 e. The summed E-state index contributed by atoms with van der Waals surface area (Å²) < 4.78 is 18.2. The maximum absolute atomic E-state index is 13.3. The van der Waals surface area contributed by atoms with Crippen molar-refractivity contribution in [1.82, 2.24) is 5.32 Å². The largest absolute Gasteiger partial charge is 0.507 e. The fraction of sp³-hybridized carbons (Fsp3) is 0.417. The number of halogens is 1. The van der Waals surface area contributed by atoms with Crippen LogP contribution in [0.5, 0.6) is 5.75 Å². The molecule has 0 aliphatic rings. The SMILES string of the molecule is COCC(C)CNC(=O)c1c(O)cccc1F. The average Bonchev–Trinajstić information content (AvgIpc) is 2.26. The number of nitrogens with one attached hydrogen (secondary N) is 1. The van der Waals surface area contributed by atoms with E-state index >= 15 is 0 Å². The summed E-state index contributed by atoms with van der Waals surface area (Å²) in [5, 5.41) is 12.0. The van der Waals surface area contributed by atoms with Gasteiger partial charge in [-0.1, -0.05) is 13.0 Å². The third-order valence-electron chi connectivity index (χ3n) is 2.28. The van der Waals surface area contributed by atoms with Crippen LogP contribution in [-0.2, 0) is 4.74 Å². The number of hydrogen-bond donors (Lipinski definition) is 2. The number of rotatable bonds is 5. The predicted molar refractivity (Wildman–Crippen MR) is 61.4 cm³/mol. The Morgan fingerprint density at radius 3 is 2.88 bits per heavy atom. The van der Waals surface area contributed by atoms with Crippen LogP contribution in [0.3, 0.4) is 0 Å². The molecule has 1 amide bonds. The summed E-state index contributed by atoms with van der Waals surface area (Å²) in [4.78, 5) is 11.6. The molecule has 94 valence electrons. The van der Waals surface area contributed by atoms with Crippen LogP contribution in [0, 0.1) is 11.7 Å². The highest BCUT2D eigenvalue weighted by atomic mass is 19.1. The maximum Gasteiger partial charge on any atom is 0.258 e. The van der Waals surface area contributed by atoms with Gasteiger partial charge in [0.2, 0.25) is 0 Å². The number of carbonyl (C=O) groups excluding carboxylic acids is 1. The second-order valence-corrected chi connectivity index (χ2v) is 3.90. The van der Waals surface area contributed by atoms with E-state index in [-0.39, 0.29) is 17.2 Å². The van der Waals surface area contributed by atoms with Crippen LogP contribution < -0.4 is 5.32 Å². The van der Waals surface area contributed by atoms with Gasteiger partial charge in [-0.3, -0.25) is 4.79 Å². The molecule has 5 heteroatoms. The van der Waals surface area contributed by atoms with Gasteiger partial charge in [0, 0.05) is 13.7 Å². The lowest BCUT2D eigenvalue weighted by Crippen LogP contribution is -2.30. The zero-order valence-corrected chi connectivity index (χ0v) is 9.87. The quantitative estimate of drug-likeness (QED) is 0.822. The lowest BCUT2D eigenvalue weighted by molar-refractivity contribution is 0.0927. The van der Waals surface area contributed by atoms with Gasteiger partial charge in [0.05, 0.1) is 6.61 Å². The van der Waals surface area contributed by atoms with Crippen LogP contribution in [-0.4, -0.2) is 31.3 Å². The molecule has 17 heavy (non-hydrogen) atoms. The van der Waals surface area contributed by atoms with Crippen molar-refractivity contribution in [3.05, 3.63) is 29.6 Å². The molecule has 1 atom stereocenters. The second kappa shape index (κ2) is 6.20. The van der Waals surface area contributed by atoms with Crippen LogP contribution in [0.15, 0.2) is 18.2 Å². The van der Waals surface area contributed by atoms with Crippen molar-refractivity contribution < 1.29 is 19.0 Å². The van der Waals surface area contributed by atoms with Gasteiger partial charge in [-0.25, -0.2) is 4.39 Å². The van der Waals surface area contributed by atoms with Crippen LogP contribution in [0.1, 0.15) is 17.3 Å². The third kappa shape index (κ3) is 3.71. The molecule has 0 saturated carbocycles. The van der Waals surface area contributed by atoms with Crippen molar-refractivity contribution in [2.75, 3.05) is 20.3 Å². The monoisotopic (exact) mass is 241 g/mol. The van der Waals surface area contributed by atoms with Gasteiger partial charge in [0.15, 0.2) is 0 Å². The number of phenolic OH excluding ortho intramolecular Hbond substituents is 1. The van der Waals surface area contributed by atoms with Crippen LogP contribution >= 0.6 is 0 Å². The highest BCUT2D eigenvalue weighted by Crippen LogP contribution is 2.19. The lowest BCUT2D eigenvalue weighted by atomic mass is 10.1. The van der Waals surface area contributed by atoms with Gasteiger partial charge in [-0.05, 0) is 18.1 Å². The van der Waals surface area contributed by atoms with Gasteiger partial charge in [-0.15, -0.1) is 0 Å². The van der Waals surface area contributed by atoms with Gasteiger partial charge in [0.1, 0.15) is 17.1 Å². The van der Waals surface area contributed by atoms with E-state index in [4.69, 9.17) is 4.74 Å². The first kappa shape index (κ1) is 13.4. The van der Waals surface area contributed by atoms with E-state index in [1.165, 1.54) is 12.1 Å². The van der Waals surface area contributed by atoms with E-state index in [1.807, 2.05) is 6.92 Å². The second-order valence-electron chi connectivity index (χ2n) is 3.90. The Bertz CT molecular complexity index is 375. The number of amides is 1. The molecule has 1 unspecified atom stereocenters. The fourth-order valence-electron chi connectivity index (χ4n) is 1.44. The first-order valence-electron chi connectivity index (χ1n) is 5.31. The van der Waals surface area contributed by atoms with E-state index in [1.54, 1.807) is 7.11 Å². The minimum atomic E-state index is -0.734. The topological polar surface area (TPSA) is 58.6 Å². The number of ether oxygens (including phenoxy) is 1. The van der Waals surface area contributed by atoms with Crippen molar-refractivity contribution in [2.45, 2.75) is 6.92 Å². The minimum absolute atomic E-state index is 0.123. The Morgan fingerprint density at radius 1 is 1.59 bits per heavy atom. The Morgan fingerprint density at radius 2 is 2.29 bits per heavy atom. The van der Waals surface area contributed by atoms with Gasteiger partial charge in [-0.2, -0.15) is 0 Å². The summed E-state index contributed by atoms with van der Waals surface area (Å²) in [6.07, 6.45) is 0. The number of aromatic hydroxyl groups is 1. The number of benzene rings is 1. The standard InChI is InChI=1S/C12H16FNO3/c1-8(7-17-2)6-14-12(16)11-9(13)4-3-5-10(11)15/h3-5,8,15H,6-7H2,1-2H3,(H,14,16). The highest BCUT2D eigenvalue weighted by molar-refractivity contribution is 5.97. The smallest absolute Gasteiger partial charge is 0.258 e. The molecule has 1 aromatic carbocycles. The molecule has 4 nitrogen and oxygen atoms in total. The summed E-state index contributed by atoms with van der Waals surface area (Å²) in [5.74, 6) is -1.59. The summed E-state index contributed by atoms with van der Waals surface area (Å²) in [6, 6.07) is 3.75. The molecule has 0 bridgehead atoms. The van der Waals surface area contributed by atoms with Crippen LogP contribution in [0.4, 0.5) is 4.39 Å². The number of methoxy groups -OCH3 is 1. The Kier molecular flexibility index (Phi) is 4.90. The molecule has 0 radical (unpaired) electrons. The predicted octanol–water partition coefficient (Wildman–Crippen LogP) is 1.54. The van der Waals surface area contributed by atoms with Crippen molar-refractivity contribution in [1.29, 1.82) is 0 Å². The van der Waals surface area contributed by atoms with Crippen molar-refractivity contribution in [2.24, 2.45) is 5.92 Å². The van der Waals surface area contributed by atoms with E-state index in [0.717, 1.165) is 6.07 Å². The molecular weight excluding hydrogens is 225 g/mol. The van der Waals surface area contributed by atoms with E-state index in [2.05, 4.69) is 5.32 Å². The normalized spacial score (nSPS) is 12.2. The zero-order chi connectivity index (χ0) is 12.8. The third-order valence-corrected chi connectivity index (χ3v) is 2.28. The molecular formula is C12H16FNO3. The highest BCUT2D eigenvalue weighted by Gasteiger charge is 2.16. The molecule has 0 aromatic heterocycles. The van der Waals surface area contributed by atoms with Crippen LogP contribution in [0.25, 0.3) is 0 Å². The Balaban J connectivity index is 2.64. The lowest BCUT2D eigenvalue weighted by Gasteiger charge is -2.12. The zero-order valence-electron chi connectivity index (χ0n) is 9.87. The molecule has 2 N–H and O–H groups in total. The first-order valence-corrected chi connectivity index (χ1v) is 5.31. The van der Waals surface area contributed by atoms with Gasteiger partial charge >= 0.3 is 0 Å². The molecule has 0 heterocycles. The Hall–Kier alpha value is -1.62. The van der Waals surface area contributed by atoms with Crippen molar-refractivity contribution in [3.8, 4) is 5.75 Å². The molecule has 0 spiro atoms. The molecule has 0 fully saturated rings. The van der Waals surface area contributed by atoms with Gasteiger partial charge < -0.3 is 15.2 Å². The van der Waals surface area contributed by atoms with E-state index < -0.39 is 11.7 Å². The molecule has 0 saturated heterocycles. The summed E-state index contributed by atoms with van der Waals surface area (Å²) in [5.41, 5.74) is -0.322. The summed E-state index contributed by atoms with van der Waals surface area (Å²) in [6.45, 7) is 2.76. The van der Waals surface area contributed by atoms with Crippen molar-refractivity contribution in [3.63, 3.8) is 0 Å². The number of carbonyl (C=O) groups is 1. The Labute approximate surface area is 99.4 Å². The number of hydrogen-bond acceptors (Lipinski definition) is 3. The summed E-state index contributed by atoms with van der Waals surface area (Å²) in [7, 11) is 1.57. The molecule has 0 aliphatic carbocycles. The molecule has 1 rings (SSSR count). The van der Waals surface area contributed by atoms with E-state index in [0.29, 0.717) is 13.2 Å². The van der Waals surface area contributed by atoms with Crippen LogP contribution in [0.2, 0.25) is 0 Å². The maximum atomic E-state index is 13.3. The summed E-state index contributed by atoms with van der Waals surface area (Å²) >= 11 is 0. The average molecular weight is 241 g/mol.